The number of thioether (sulfide) groups is 1. The molecule has 2 aromatic heterocycles. The van der Waals surface area contributed by atoms with Crippen LogP contribution in [0.5, 0.6) is 0 Å². The number of rotatable bonds is 4. The number of hydrogen-bond acceptors (Lipinski definition) is 5. The molecule has 108 valence electrons. The van der Waals surface area contributed by atoms with Gasteiger partial charge in [0, 0.05) is 22.9 Å². The van der Waals surface area contributed by atoms with Crippen molar-refractivity contribution in [1.82, 2.24) is 14.8 Å². The van der Waals surface area contributed by atoms with Gasteiger partial charge in [-0.25, -0.2) is 9.18 Å². The molecule has 0 aliphatic rings. The predicted octanol–water partition coefficient (Wildman–Crippen LogP) is 3.16. The van der Waals surface area contributed by atoms with Crippen molar-refractivity contribution in [2.24, 2.45) is 7.05 Å². The largest absolute Gasteiger partial charge is 0.477 e. The number of carboxylic acids is 1. The summed E-state index contributed by atoms with van der Waals surface area (Å²) in [6.45, 7) is 0. The molecule has 0 radical (unpaired) electrons. The van der Waals surface area contributed by atoms with Gasteiger partial charge in [-0.15, -0.1) is 21.5 Å². The molecule has 1 aromatic carbocycles. The van der Waals surface area contributed by atoms with Gasteiger partial charge >= 0.3 is 5.97 Å². The SMILES string of the molecule is Cn1cnnc1SCc1c(C(=O)O)sc2cccc(F)c12. The fourth-order valence-electron chi connectivity index (χ4n) is 2.02. The number of aryl methyl sites for hydroxylation is 1. The van der Waals surface area contributed by atoms with E-state index in [0.717, 1.165) is 11.3 Å². The van der Waals surface area contributed by atoms with Gasteiger partial charge in [0.15, 0.2) is 5.16 Å². The topological polar surface area (TPSA) is 68.0 Å². The van der Waals surface area contributed by atoms with Crippen molar-refractivity contribution in [1.29, 1.82) is 0 Å². The van der Waals surface area contributed by atoms with E-state index in [1.807, 2.05) is 0 Å². The lowest BCUT2D eigenvalue weighted by Gasteiger charge is -2.02. The fraction of sp³-hybridized carbons (Fsp3) is 0.154. The molecule has 0 aliphatic heterocycles. The van der Waals surface area contributed by atoms with E-state index in [1.54, 1.807) is 30.1 Å². The second kappa shape index (κ2) is 5.45. The van der Waals surface area contributed by atoms with E-state index in [2.05, 4.69) is 10.2 Å². The Morgan fingerprint density at radius 1 is 1.52 bits per heavy atom. The Hall–Kier alpha value is -1.93. The first kappa shape index (κ1) is 14.0. The molecule has 21 heavy (non-hydrogen) atoms. The summed E-state index contributed by atoms with van der Waals surface area (Å²) >= 11 is 2.42. The van der Waals surface area contributed by atoms with Crippen LogP contribution in [-0.4, -0.2) is 25.8 Å². The minimum absolute atomic E-state index is 0.171. The van der Waals surface area contributed by atoms with E-state index < -0.39 is 11.8 Å². The van der Waals surface area contributed by atoms with E-state index in [-0.39, 0.29) is 4.88 Å². The highest BCUT2D eigenvalue weighted by Gasteiger charge is 2.20. The van der Waals surface area contributed by atoms with Crippen molar-refractivity contribution in [3.05, 3.63) is 40.8 Å². The molecule has 8 heteroatoms. The lowest BCUT2D eigenvalue weighted by Crippen LogP contribution is -1.98. The van der Waals surface area contributed by atoms with Crippen LogP contribution in [0.4, 0.5) is 4.39 Å². The van der Waals surface area contributed by atoms with E-state index >= 15 is 0 Å². The summed E-state index contributed by atoms with van der Waals surface area (Å²) in [4.78, 5) is 11.5. The van der Waals surface area contributed by atoms with E-state index in [9.17, 15) is 14.3 Å². The van der Waals surface area contributed by atoms with E-state index in [1.165, 1.54) is 17.8 Å². The molecule has 0 aliphatic carbocycles. The number of nitrogens with zero attached hydrogens (tertiary/aromatic N) is 3. The predicted molar refractivity (Wildman–Crippen MR) is 79.3 cm³/mol. The smallest absolute Gasteiger partial charge is 0.346 e. The summed E-state index contributed by atoms with van der Waals surface area (Å²) < 4.78 is 16.4. The van der Waals surface area contributed by atoms with Crippen LogP contribution < -0.4 is 0 Å². The lowest BCUT2D eigenvalue weighted by atomic mass is 10.1. The van der Waals surface area contributed by atoms with Crippen LogP contribution in [0, 0.1) is 5.82 Å². The third-order valence-corrected chi connectivity index (χ3v) is 5.22. The third kappa shape index (κ3) is 2.52. The summed E-state index contributed by atoms with van der Waals surface area (Å²) in [7, 11) is 1.80. The van der Waals surface area contributed by atoms with Crippen LogP contribution in [0.3, 0.4) is 0 Å². The molecular formula is C13H10FN3O2S2. The normalized spacial score (nSPS) is 11.1. The minimum Gasteiger partial charge on any atom is -0.477 e. The average Bonchev–Trinajstić information content (AvgIpc) is 3.01. The molecule has 0 fully saturated rings. The molecule has 3 aromatic rings. The second-order valence-corrected chi connectivity index (χ2v) is 6.34. The summed E-state index contributed by atoms with van der Waals surface area (Å²) in [5.74, 6) is -1.11. The van der Waals surface area contributed by atoms with Crippen LogP contribution in [-0.2, 0) is 12.8 Å². The molecule has 0 bridgehead atoms. The van der Waals surface area contributed by atoms with Crippen LogP contribution in [0.25, 0.3) is 10.1 Å². The Kier molecular flexibility index (Phi) is 3.64. The van der Waals surface area contributed by atoms with Crippen LogP contribution >= 0.6 is 23.1 Å². The summed E-state index contributed by atoms with van der Waals surface area (Å²) in [6.07, 6.45) is 1.56. The Morgan fingerprint density at radius 3 is 3.00 bits per heavy atom. The quantitative estimate of drug-likeness (QED) is 0.747. The van der Waals surface area contributed by atoms with Crippen molar-refractivity contribution in [3.8, 4) is 0 Å². The lowest BCUT2D eigenvalue weighted by molar-refractivity contribution is 0.0701. The van der Waals surface area contributed by atoms with Crippen molar-refractivity contribution in [2.45, 2.75) is 10.9 Å². The Labute approximate surface area is 127 Å². The molecule has 3 rings (SSSR count). The fourth-order valence-corrected chi connectivity index (χ4v) is 4.10. The molecule has 0 saturated carbocycles. The summed E-state index contributed by atoms with van der Waals surface area (Å²) in [5, 5.41) is 18.0. The first-order chi connectivity index (χ1) is 10.1. The van der Waals surface area contributed by atoms with E-state index in [0.29, 0.717) is 26.6 Å². The first-order valence-electron chi connectivity index (χ1n) is 5.98. The monoisotopic (exact) mass is 323 g/mol. The number of carboxylic acid groups (broad SMARTS) is 1. The molecule has 0 amide bonds. The maximum absolute atomic E-state index is 14.0. The number of aromatic carboxylic acids is 1. The summed E-state index contributed by atoms with van der Waals surface area (Å²) in [6, 6.07) is 4.66. The van der Waals surface area contributed by atoms with Gasteiger partial charge in [0.25, 0.3) is 0 Å². The number of hydrogen-bond donors (Lipinski definition) is 1. The standard InChI is InChI=1S/C13H10FN3O2S2/c1-17-6-15-16-13(17)20-5-7-10-8(14)3-2-4-9(10)21-11(7)12(18)19/h2-4,6H,5H2,1H3,(H,18,19). The molecular weight excluding hydrogens is 313 g/mol. The molecule has 5 nitrogen and oxygen atoms in total. The molecule has 0 atom stereocenters. The van der Waals surface area contributed by atoms with Gasteiger partial charge < -0.3 is 9.67 Å². The highest BCUT2D eigenvalue weighted by molar-refractivity contribution is 7.98. The molecule has 2 heterocycles. The summed E-state index contributed by atoms with van der Waals surface area (Å²) in [5.41, 5.74) is 0.494. The zero-order valence-corrected chi connectivity index (χ0v) is 12.5. The second-order valence-electron chi connectivity index (χ2n) is 4.34. The van der Waals surface area contributed by atoms with Gasteiger partial charge in [-0.2, -0.15) is 0 Å². The zero-order valence-electron chi connectivity index (χ0n) is 10.9. The zero-order chi connectivity index (χ0) is 15.0. The van der Waals surface area contributed by atoms with Crippen molar-refractivity contribution in [2.75, 3.05) is 0 Å². The Bertz CT molecular complexity index is 828. The van der Waals surface area contributed by atoms with Crippen LogP contribution in [0.2, 0.25) is 0 Å². The number of aromatic nitrogens is 3. The number of benzene rings is 1. The van der Waals surface area contributed by atoms with Crippen molar-refractivity contribution < 1.29 is 14.3 Å². The number of carbonyl (C=O) groups is 1. The van der Waals surface area contributed by atoms with Gasteiger partial charge in [0.05, 0.1) is 0 Å². The highest BCUT2D eigenvalue weighted by atomic mass is 32.2. The number of thiophene rings is 1. The Balaban J connectivity index is 2.05. The van der Waals surface area contributed by atoms with Crippen molar-refractivity contribution in [3.63, 3.8) is 0 Å². The van der Waals surface area contributed by atoms with Gasteiger partial charge in [-0.3, -0.25) is 0 Å². The average molecular weight is 323 g/mol. The number of halogens is 1. The van der Waals surface area contributed by atoms with Gasteiger partial charge in [0.1, 0.15) is 17.0 Å². The van der Waals surface area contributed by atoms with Gasteiger partial charge in [0.2, 0.25) is 0 Å². The number of fused-ring (bicyclic) bond motifs is 1. The third-order valence-electron chi connectivity index (χ3n) is 2.97. The van der Waals surface area contributed by atoms with Crippen LogP contribution in [0.1, 0.15) is 15.2 Å². The van der Waals surface area contributed by atoms with Gasteiger partial charge in [-0.1, -0.05) is 17.8 Å². The van der Waals surface area contributed by atoms with Crippen molar-refractivity contribution >= 4 is 39.2 Å². The molecule has 0 saturated heterocycles. The molecule has 1 N–H and O–H groups in total. The minimum atomic E-state index is -1.04. The maximum Gasteiger partial charge on any atom is 0.346 e. The highest BCUT2D eigenvalue weighted by Crippen LogP contribution is 2.36. The maximum atomic E-state index is 14.0. The first-order valence-corrected chi connectivity index (χ1v) is 7.78. The van der Waals surface area contributed by atoms with Crippen LogP contribution in [0.15, 0.2) is 29.7 Å². The van der Waals surface area contributed by atoms with Gasteiger partial charge in [-0.05, 0) is 17.7 Å². The molecule has 0 spiro atoms. The Morgan fingerprint density at radius 2 is 2.33 bits per heavy atom. The molecule has 0 unspecified atom stereocenters. The van der Waals surface area contributed by atoms with E-state index in [4.69, 9.17) is 0 Å².